The van der Waals surface area contributed by atoms with Crippen LogP contribution in [-0.4, -0.2) is 300 Å². The number of rotatable bonds is 6. The second-order valence-corrected chi connectivity index (χ2v) is 19.1. The molecule has 0 aromatic heterocycles. The molecule has 0 aromatic rings. The van der Waals surface area contributed by atoms with Gasteiger partial charge in [-0.25, -0.2) is 4.57 Å². The second kappa shape index (κ2) is 20.7. The van der Waals surface area contributed by atoms with Gasteiger partial charge < -0.3 is 133 Å². The van der Waals surface area contributed by atoms with E-state index in [1.165, 1.54) is 0 Å². The SMILES string of the molecule is O=P12O[C@@H]3[C@@H](O)[C@H]4O[C@@H]5[C@H](O1)[C@@H](O)[C@@H](O[C@@H]1[C@H](O2)[C@@H](O)[C@@H](O[C@H]2[C@H](O)[C@@H](O)[C@@H](O[C@H]6[C@H](O)[C@@H](O)[C@@H](O[C@H]7[C@H](O)[C@@H](O)[C@@H](O[C@H]3[C@@H](CO)O4)O[C@@H]7CO)O[C@@H]6CO)O[C@@H]2CO)O[C@@H]1CO)O[C@@H]5CO. The van der Waals surface area contributed by atoms with Crippen LogP contribution in [0.25, 0.3) is 0 Å². The summed E-state index contributed by atoms with van der Waals surface area (Å²) in [6.45, 7) is -6.05. The van der Waals surface area contributed by atoms with E-state index in [9.17, 15) is 76.6 Å². The van der Waals surface area contributed by atoms with Crippen molar-refractivity contribution in [2.45, 2.75) is 184 Å². The van der Waals surface area contributed by atoms with Crippen LogP contribution in [0.2, 0.25) is 0 Å². The van der Waals surface area contributed by atoms with Crippen LogP contribution < -0.4 is 0 Å². The van der Waals surface area contributed by atoms with Gasteiger partial charge in [0.15, 0.2) is 37.7 Å². The third-order valence-electron chi connectivity index (χ3n) is 13.3. The Morgan fingerprint density at radius 3 is 0.662 bits per heavy atom. The number of phosphoric ester groups is 1. The smallest absolute Gasteiger partial charge is 0.394 e. The zero-order valence-electron chi connectivity index (χ0n) is 35.3. The van der Waals surface area contributed by atoms with Crippen molar-refractivity contribution in [3.63, 3.8) is 0 Å². The maximum atomic E-state index is 15.4. The Labute approximate surface area is 383 Å². The second-order valence-electron chi connectivity index (χ2n) is 17.5. The van der Waals surface area contributed by atoms with Gasteiger partial charge in [0.05, 0.1) is 39.6 Å². The first-order valence-corrected chi connectivity index (χ1v) is 23.2. The van der Waals surface area contributed by atoms with Gasteiger partial charge in [-0.15, -0.1) is 0 Å². The molecule has 13 aliphatic rings. The highest BCUT2D eigenvalue weighted by Gasteiger charge is 2.64. The standard InChI is InChI=1S/C36H57O31P/c37-1-7-22-13(43)16(46)31(53-7)60-23-8(2-38)55-33(18(48)15(23)45)62-25-10(4-40)57-35-20(50)29(25)66-68(52)65-28-19(49)34(61-24-9(3-39)54-32(59-22)17(47)14(24)44)56-11(5-41)26(28)63-36-21(51)30(67-68)27(64-35)12(6-42)58-36/h7-51H,1-6H2/t7-,8-,9-,10-,11-,12-,13-,14-,15-,16-,17-,18-,19-,20-,21-,22-,23-,24-,25+,26+,27+,28-,29-,30-,31-,32-,33-,34-,35-,36-,68?/m1/s1. The van der Waals surface area contributed by atoms with Crippen LogP contribution in [0.3, 0.4) is 0 Å². The minimum absolute atomic E-state index is 0.933. The first kappa shape index (κ1) is 51.9. The molecule has 32 heteroatoms. The molecule has 0 aliphatic carbocycles. The van der Waals surface area contributed by atoms with Crippen molar-refractivity contribution in [3.8, 4) is 0 Å². The topological polar surface area (TPSA) is 459 Å². The Kier molecular flexibility index (Phi) is 15.8. The molecule has 31 atom stereocenters. The monoisotopic (exact) mass is 1020 g/mol. The summed E-state index contributed by atoms with van der Waals surface area (Å²) in [6.07, 6.45) is -59.1. The van der Waals surface area contributed by atoms with E-state index in [0.717, 1.165) is 0 Å². The predicted octanol–water partition coefficient (Wildman–Crippen LogP) is -10.8. The van der Waals surface area contributed by atoms with Crippen LogP contribution in [0, 0.1) is 0 Å². The normalized spacial score (nSPS) is 57.5. The minimum Gasteiger partial charge on any atom is -0.394 e. The number of hydrogen-bond acceptors (Lipinski definition) is 31. The van der Waals surface area contributed by atoms with Crippen molar-refractivity contribution >= 4 is 7.82 Å². The number of aliphatic hydroxyl groups is 15. The van der Waals surface area contributed by atoms with Gasteiger partial charge in [0.25, 0.3) is 0 Å². The average molecular weight is 1020 g/mol. The number of fused-ring (bicyclic) bond motifs is 3. The molecule has 13 saturated heterocycles. The lowest BCUT2D eigenvalue weighted by atomic mass is 9.94. The molecule has 0 radical (unpaired) electrons. The van der Waals surface area contributed by atoms with Crippen LogP contribution in [-0.2, 0) is 75.0 Å². The van der Waals surface area contributed by atoms with Gasteiger partial charge in [0.2, 0.25) is 0 Å². The zero-order valence-corrected chi connectivity index (χ0v) is 36.1. The van der Waals surface area contributed by atoms with Crippen molar-refractivity contribution in [2.75, 3.05) is 39.6 Å². The Hall–Kier alpha value is -0.970. The van der Waals surface area contributed by atoms with Crippen LogP contribution in [0.15, 0.2) is 0 Å². The van der Waals surface area contributed by atoms with E-state index in [1.54, 1.807) is 0 Å². The molecule has 13 bridgehead atoms. The number of aliphatic hydroxyl groups excluding tert-OH is 15. The van der Waals surface area contributed by atoms with Gasteiger partial charge in [-0.3, -0.25) is 13.6 Å². The van der Waals surface area contributed by atoms with E-state index in [4.69, 9.17) is 70.4 Å². The Morgan fingerprint density at radius 1 is 0.250 bits per heavy atom. The molecule has 15 N–H and O–H groups in total. The summed E-state index contributed by atoms with van der Waals surface area (Å²) >= 11 is 0. The maximum Gasteiger partial charge on any atom is 0.476 e. The Bertz CT molecular complexity index is 1740. The largest absolute Gasteiger partial charge is 0.476 e. The van der Waals surface area contributed by atoms with Crippen molar-refractivity contribution < 1.29 is 152 Å². The number of hydrogen-bond donors (Lipinski definition) is 15. The van der Waals surface area contributed by atoms with Crippen molar-refractivity contribution in [1.82, 2.24) is 0 Å². The molecular weight excluding hydrogens is 959 g/mol. The summed E-state index contributed by atoms with van der Waals surface area (Å²) in [4.78, 5) is 0. The molecule has 13 heterocycles. The zero-order chi connectivity index (χ0) is 48.7. The highest BCUT2D eigenvalue weighted by molar-refractivity contribution is 7.48. The highest BCUT2D eigenvalue weighted by Crippen LogP contribution is 2.59. The third kappa shape index (κ3) is 9.22. The molecule has 13 aliphatic heterocycles. The predicted molar refractivity (Wildman–Crippen MR) is 200 cm³/mol. The highest BCUT2D eigenvalue weighted by atomic mass is 31.2. The molecule has 13 rings (SSSR count). The lowest BCUT2D eigenvalue weighted by Crippen LogP contribution is -2.69. The lowest BCUT2D eigenvalue weighted by molar-refractivity contribution is -0.401. The van der Waals surface area contributed by atoms with E-state index in [1.807, 2.05) is 0 Å². The van der Waals surface area contributed by atoms with Crippen LogP contribution >= 0.6 is 7.82 Å². The van der Waals surface area contributed by atoms with E-state index >= 15 is 4.57 Å². The molecule has 13 fully saturated rings. The van der Waals surface area contributed by atoms with Gasteiger partial charge in [-0.1, -0.05) is 0 Å². The van der Waals surface area contributed by atoms with Crippen LogP contribution in [0.1, 0.15) is 0 Å². The number of phosphoric acid groups is 1. The van der Waals surface area contributed by atoms with E-state index in [0.29, 0.717) is 0 Å². The summed E-state index contributed by atoms with van der Waals surface area (Å²) in [5.41, 5.74) is 0. The summed E-state index contributed by atoms with van der Waals surface area (Å²) in [6, 6.07) is 0. The summed E-state index contributed by atoms with van der Waals surface area (Å²) in [5.74, 6) is 0. The summed E-state index contributed by atoms with van der Waals surface area (Å²) in [5, 5.41) is 167. The fourth-order valence-corrected chi connectivity index (χ4v) is 11.5. The lowest BCUT2D eigenvalue weighted by Gasteiger charge is -2.51. The molecule has 1 unspecified atom stereocenters. The number of ether oxygens (including phenoxy) is 12. The molecule has 0 spiro atoms. The van der Waals surface area contributed by atoms with Gasteiger partial charge >= 0.3 is 7.82 Å². The van der Waals surface area contributed by atoms with Crippen LogP contribution in [0.4, 0.5) is 0 Å². The van der Waals surface area contributed by atoms with Crippen LogP contribution in [0.5, 0.6) is 0 Å². The van der Waals surface area contributed by atoms with Gasteiger partial charge in [-0.2, -0.15) is 0 Å². The van der Waals surface area contributed by atoms with Gasteiger partial charge in [0, 0.05) is 0 Å². The molecule has 392 valence electrons. The van der Waals surface area contributed by atoms with Gasteiger partial charge in [-0.05, 0) is 0 Å². The quantitative estimate of drug-likeness (QED) is 0.110. The molecule has 0 aromatic carbocycles. The molecular formula is C36H57O31P. The van der Waals surface area contributed by atoms with Gasteiger partial charge in [0.1, 0.15) is 146 Å². The fraction of sp³-hybridized carbons (Fsp3) is 1.00. The molecule has 68 heavy (non-hydrogen) atoms. The third-order valence-corrected chi connectivity index (χ3v) is 14.9. The van der Waals surface area contributed by atoms with E-state index in [2.05, 4.69) is 0 Å². The molecule has 0 saturated carbocycles. The molecule has 0 amide bonds. The Balaban J connectivity index is 1.15. The summed E-state index contributed by atoms with van der Waals surface area (Å²) in [7, 11) is -5.61. The Morgan fingerprint density at radius 2 is 0.441 bits per heavy atom. The van der Waals surface area contributed by atoms with Crippen molar-refractivity contribution in [3.05, 3.63) is 0 Å². The van der Waals surface area contributed by atoms with E-state index in [-0.39, 0.29) is 0 Å². The average Bonchev–Trinajstić information content (AvgIpc) is 3.37. The van der Waals surface area contributed by atoms with E-state index < -0.39 is 232 Å². The first-order chi connectivity index (χ1) is 32.5. The van der Waals surface area contributed by atoms with Crippen molar-refractivity contribution in [1.29, 1.82) is 0 Å². The minimum atomic E-state index is -5.61. The maximum absolute atomic E-state index is 15.4. The first-order valence-electron chi connectivity index (χ1n) is 21.8. The van der Waals surface area contributed by atoms with Crippen molar-refractivity contribution in [2.24, 2.45) is 0 Å². The fourth-order valence-electron chi connectivity index (χ4n) is 9.76. The summed E-state index contributed by atoms with van der Waals surface area (Å²) < 4.78 is 103. The molecule has 31 nitrogen and oxygen atoms in total.